The summed E-state index contributed by atoms with van der Waals surface area (Å²) in [5.41, 5.74) is 1.49. The van der Waals surface area contributed by atoms with E-state index < -0.39 is 5.97 Å². The van der Waals surface area contributed by atoms with Gasteiger partial charge in [0.25, 0.3) is 0 Å². The van der Waals surface area contributed by atoms with Gasteiger partial charge in [0.1, 0.15) is 0 Å². The van der Waals surface area contributed by atoms with Gasteiger partial charge < -0.3 is 10.2 Å². The summed E-state index contributed by atoms with van der Waals surface area (Å²) in [4.78, 5) is 10.6. The van der Waals surface area contributed by atoms with Crippen LogP contribution in [0.5, 0.6) is 0 Å². The van der Waals surface area contributed by atoms with E-state index in [0.29, 0.717) is 11.8 Å². The van der Waals surface area contributed by atoms with Crippen molar-refractivity contribution in [3.63, 3.8) is 0 Å². The molecule has 0 aromatic carbocycles. The highest BCUT2D eigenvalue weighted by atomic mass is 16.4. The molecule has 0 amide bonds. The topological polar surface area (TPSA) is 57.5 Å². The average molecular weight is 391 g/mol. The fourth-order valence-electron chi connectivity index (χ4n) is 5.06. The van der Waals surface area contributed by atoms with Gasteiger partial charge in [0.2, 0.25) is 0 Å². The molecule has 0 spiro atoms. The van der Waals surface area contributed by atoms with Gasteiger partial charge in [-0.15, -0.1) is 0 Å². The zero-order valence-electron chi connectivity index (χ0n) is 18.0. The first-order valence-corrected chi connectivity index (χ1v) is 11.9. The quantitative estimate of drug-likeness (QED) is 0.243. The van der Waals surface area contributed by atoms with Crippen LogP contribution >= 0.6 is 0 Å². The molecule has 2 unspecified atom stereocenters. The third-order valence-corrected chi connectivity index (χ3v) is 6.65. The SMILES string of the molecule is CCCCCCCCCC/C=C/[C@@H]1C2C=C(CCCCC(=O)O)CC2C[C@H]1O. The summed E-state index contributed by atoms with van der Waals surface area (Å²) >= 11 is 0. The van der Waals surface area contributed by atoms with E-state index in [2.05, 4.69) is 25.2 Å². The summed E-state index contributed by atoms with van der Waals surface area (Å²) in [6.07, 6.45) is 23.9. The highest BCUT2D eigenvalue weighted by Gasteiger charge is 2.42. The average Bonchev–Trinajstić information content (AvgIpc) is 3.17. The van der Waals surface area contributed by atoms with E-state index in [1.165, 1.54) is 56.9 Å². The van der Waals surface area contributed by atoms with Crippen molar-refractivity contribution in [3.8, 4) is 0 Å². The molecule has 2 aliphatic carbocycles. The highest BCUT2D eigenvalue weighted by Crippen LogP contribution is 2.48. The van der Waals surface area contributed by atoms with Gasteiger partial charge in [0.15, 0.2) is 0 Å². The minimum absolute atomic E-state index is 0.186. The smallest absolute Gasteiger partial charge is 0.303 e. The Kier molecular flexibility index (Phi) is 10.9. The summed E-state index contributed by atoms with van der Waals surface area (Å²) in [6, 6.07) is 0. The molecule has 0 aliphatic heterocycles. The van der Waals surface area contributed by atoms with Gasteiger partial charge in [-0.25, -0.2) is 0 Å². The molecule has 3 heteroatoms. The van der Waals surface area contributed by atoms with Gasteiger partial charge >= 0.3 is 5.97 Å². The van der Waals surface area contributed by atoms with E-state index in [4.69, 9.17) is 5.11 Å². The Hall–Kier alpha value is -1.09. The molecular formula is C25H42O3. The number of rotatable bonds is 15. The van der Waals surface area contributed by atoms with Crippen LogP contribution in [0.2, 0.25) is 0 Å². The maximum atomic E-state index is 10.6. The molecule has 1 fully saturated rings. The number of carboxylic acid groups (broad SMARTS) is 1. The third-order valence-electron chi connectivity index (χ3n) is 6.65. The number of aliphatic hydroxyl groups is 1. The maximum Gasteiger partial charge on any atom is 0.303 e. The zero-order chi connectivity index (χ0) is 20.2. The summed E-state index contributed by atoms with van der Waals surface area (Å²) in [5.74, 6) is 0.694. The first kappa shape index (κ1) is 23.2. The van der Waals surface area contributed by atoms with E-state index >= 15 is 0 Å². The van der Waals surface area contributed by atoms with Gasteiger partial charge in [-0.2, -0.15) is 0 Å². The van der Waals surface area contributed by atoms with Crippen molar-refractivity contribution in [2.45, 2.75) is 109 Å². The van der Waals surface area contributed by atoms with Crippen molar-refractivity contribution >= 4 is 5.97 Å². The molecule has 160 valence electrons. The van der Waals surface area contributed by atoms with Crippen LogP contribution in [-0.4, -0.2) is 22.3 Å². The Bertz CT molecular complexity index is 508. The molecule has 2 rings (SSSR count). The second kappa shape index (κ2) is 13.2. The lowest BCUT2D eigenvalue weighted by Gasteiger charge is -2.15. The Balaban J connectivity index is 1.63. The minimum atomic E-state index is -0.693. The Morgan fingerprint density at radius 1 is 1.07 bits per heavy atom. The standard InChI is InChI=1S/C25H42O3/c1-2-3-4-5-6-7-8-9-10-11-15-22-23-18-20(14-12-13-16-25(27)28)17-21(23)19-24(22)26/h11,15,18,21-24,26H,2-10,12-14,16-17,19H2,1H3,(H,27,28)/b15-11+/t21?,22-,23?,24-/m1/s1. The molecule has 3 nitrogen and oxygen atoms in total. The molecule has 2 aliphatic rings. The molecule has 0 aromatic heterocycles. The summed E-state index contributed by atoms with van der Waals surface area (Å²) in [5, 5.41) is 19.2. The lowest BCUT2D eigenvalue weighted by molar-refractivity contribution is -0.137. The molecule has 0 aromatic rings. The highest BCUT2D eigenvalue weighted by molar-refractivity contribution is 5.66. The zero-order valence-corrected chi connectivity index (χ0v) is 18.0. The summed E-state index contributed by atoms with van der Waals surface area (Å²) < 4.78 is 0. The fraction of sp³-hybridized carbons (Fsp3) is 0.800. The number of hydrogen-bond donors (Lipinski definition) is 2. The van der Waals surface area contributed by atoms with Crippen LogP contribution < -0.4 is 0 Å². The van der Waals surface area contributed by atoms with Crippen molar-refractivity contribution in [2.75, 3.05) is 0 Å². The molecule has 0 radical (unpaired) electrons. The van der Waals surface area contributed by atoms with Crippen LogP contribution in [0.15, 0.2) is 23.8 Å². The number of aliphatic hydroxyl groups excluding tert-OH is 1. The van der Waals surface area contributed by atoms with Gasteiger partial charge in [0, 0.05) is 12.3 Å². The number of aliphatic carboxylic acids is 1. The minimum Gasteiger partial charge on any atom is -0.481 e. The van der Waals surface area contributed by atoms with E-state index in [9.17, 15) is 9.90 Å². The fourth-order valence-corrected chi connectivity index (χ4v) is 5.06. The maximum absolute atomic E-state index is 10.6. The van der Waals surface area contributed by atoms with E-state index in [0.717, 1.165) is 38.5 Å². The lowest BCUT2D eigenvalue weighted by Crippen LogP contribution is -2.15. The molecule has 0 heterocycles. The van der Waals surface area contributed by atoms with Crippen molar-refractivity contribution in [1.82, 2.24) is 0 Å². The van der Waals surface area contributed by atoms with E-state index in [1.54, 1.807) is 0 Å². The largest absolute Gasteiger partial charge is 0.481 e. The lowest BCUT2D eigenvalue weighted by atomic mass is 9.91. The predicted molar refractivity (Wildman–Crippen MR) is 116 cm³/mol. The van der Waals surface area contributed by atoms with Crippen LogP contribution in [0.4, 0.5) is 0 Å². The molecule has 1 saturated carbocycles. The number of hydrogen-bond acceptors (Lipinski definition) is 2. The normalized spacial score (nSPS) is 26.7. The van der Waals surface area contributed by atoms with Crippen molar-refractivity contribution in [2.24, 2.45) is 17.8 Å². The van der Waals surface area contributed by atoms with Crippen molar-refractivity contribution in [3.05, 3.63) is 23.8 Å². The third kappa shape index (κ3) is 8.11. The summed E-state index contributed by atoms with van der Waals surface area (Å²) in [7, 11) is 0. The monoisotopic (exact) mass is 390 g/mol. The van der Waals surface area contributed by atoms with Crippen LogP contribution in [-0.2, 0) is 4.79 Å². The molecule has 0 saturated heterocycles. The Morgan fingerprint density at radius 3 is 2.50 bits per heavy atom. The van der Waals surface area contributed by atoms with E-state index in [-0.39, 0.29) is 18.4 Å². The number of fused-ring (bicyclic) bond motifs is 1. The molecule has 4 atom stereocenters. The van der Waals surface area contributed by atoms with Gasteiger partial charge in [-0.05, 0) is 56.8 Å². The second-order valence-corrected chi connectivity index (χ2v) is 9.04. The Labute approximate surface area is 172 Å². The van der Waals surface area contributed by atoms with Crippen LogP contribution in [0.25, 0.3) is 0 Å². The Morgan fingerprint density at radius 2 is 1.79 bits per heavy atom. The predicted octanol–water partition coefficient (Wildman–Crippen LogP) is 6.66. The van der Waals surface area contributed by atoms with Gasteiger partial charge in [-0.1, -0.05) is 75.7 Å². The van der Waals surface area contributed by atoms with E-state index in [1.807, 2.05) is 0 Å². The molecular weight excluding hydrogens is 348 g/mol. The van der Waals surface area contributed by atoms with Crippen LogP contribution in [0.3, 0.4) is 0 Å². The number of carbonyl (C=O) groups is 1. The van der Waals surface area contributed by atoms with Crippen molar-refractivity contribution in [1.29, 1.82) is 0 Å². The molecule has 28 heavy (non-hydrogen) atoms. The van der Waals surface area contributed by atoms with Gasteiger partial charge in [-0.3, -0.25) is 4.79 Å². The molecule has 2 N–H and O–H groups in total. The summed E-state index contributed by atoms with van der Waals surface area (Å²) in [6.45, 7) is 2.26. The number of unbranched alkanes of at least 4 members (excludes halogenated alkanes) is 9. The second-order valence-electron chi connectivity index (χ2n) is 9.04. The molecule has 0 bridgehead atoms. The first-order chi connectivity index (χ1) is 13.6. The van der Waals surface area contributed by atoms with Crippen LogP contribution in [0, 0.1) is 17.8 Å². The number of allylic oxidation sites excluding steroid dienone is 3. The number of carboxylic acids is 1. The first-order valence-electron chi connectivity index (χ1n) is 11.9. The van der Waals surface area contributed by atoms with Crippen molar-refractivity contribution < 1.29 is 15.0 Å². The van der Waals surface area contributed by atoms with Gasteiger partial charge in [0.05, 0.1) is 6.10 Å². The van der Waals surface area contributed by atoms with Crippen LogP contribution in [0.1, 0.15) is 103 Å².